The summed E-state index contributed by atoms with van der Waals surface area (Å²) in [5.74, 6) is 0.615. The molecule has 0 aliphatic carbocycles. The minimum absolute atomic E-state index is 0.0382. The van der Waals surface area contributed by atoms with Gasteiger partial charge in [0.05, 0.1) is 19.4 Å². The van der Waals surface area contributed by atoms with Crippen molar-refractivity contribution in [3.05, 3.63) is 30.5 Å². The lowest BCUT2D eigenvalue weighted by molar-refractivity contribution is -0.119. The van der Waals surface area contributed by atoms with Crippen LogP contribution in [-0.2, 0) is 4.79 Å². The predicted molar refractivity (Wildman–Crippen MR) is 91.4 cm³/mol. The molecule has 5 nitrogen and oxygen atoms in total. The molecule has 23 heavy (non-hydrogen) atoms. The zero-order valence-electron chi connectivity index (χ0n) is 13.2. The van der Waals surface area contributed by atoms with E-state index in [1.165, 1.54) is 11.3 Å². The van der Waals surface area contributed by atoms with Crippen LogP contribution in [0.4, 0.5) is 5.00 Å². The first kappa shape index (κ1) is 17.0. The van der Waals surface area contributed by atoms with Crippen molar-refractivity contribution in [1.82, 2.24) is 4.98 Å². The molecular formula is C17H19N3O2S. The van der Waals surface area contributed by atoms with Crippen molar-refractivity contribution in [2.24, 2.45) is 5.92 Å². The number of nitrogens with zero attached hydrogens (tertiary/aromatic N) is 2. The summed E-state index contributed by atoms with van der Waals surface area (Å²) in [5, 5.41) is 13.0. The van der Waals surface area contributed by atoms with Gasteiger partial charge in [0, 0.05) is 17.9 Å². The lowest BCUT2D eigenvalue weighted by atomic mass is 10.0. The molecule has 0 aliphatic heterocycles. The number of rotatable bonds is 7. The summed E-state index contributed by atoms with van der Waals surface area (Å²) >= 11 is 1.43. The van der Waals surface area contributed by atoms with Crippen molar-refractivity contribution in [2.75, 3.05) is 12.4 Å². The highest BCUT2D eigenvalue weighted by atomic mass is 32.1. The number of hydrogen-bond acceptors (Lipinski definition) is 5. The summed E-state index contributed by atoms with van der Waals surface area (Å²) in [7, 11) is 1.63. The maximum atomic E-state index is 12.1. The molecule has 0 fully saturated rings. The SMILES string of the molecule is COc1cccc(-c2ncc(NC(=O)[C@H](C)CCCC#N)s2)c1. The number of carbonyl (C=O) groups excluding carboxylic acids is 1. The first-order valence-corrected chi connectivity index (χ1v) is 8.23. The maximum Gasteiger partial charge on any atom is 0.227 e. The number of ether oxygens (including phenoxy) is 1. The van der Waals surface area contributed by atoms with Crippen molar-refractivity contribution in [1.29, 1.82) is 5.26 Å². The molecule has 0 saturated heterocycles. The van der Waals surface area contributed by atoms with Gasteiger partial charge in [0.25, 0.3) is 0 Å². The lowest BCUT2D eigenvalue weighted by Gasteiger charge is -2.09. The van der Waals surface area contributed by atoms with Crippen LogP contribution in [0, 0.1) is 17.2 Å². The summed E-state index contributed by atoms with van der Waals surface area (Å²) < 4.78 is 5.21. The Bertz CT molecular complexity index is 706. The number of anilines is 1. The predicted octanol–water partition coefficient (Wildman–Crippen LogP) is 4.09. The second-order valence-electron chi connectivity index (χ2n) is 5.20. The maximum absolute atomic E-state index is 12.1. The zero-order valence-corrected chi connectivity index (χ0v) is 14.0. The highest BCUT2D eigenvalue weighted by Crippen LogP contribution is 2.30. The topological polar surface area (TPSA) is 75.0 Å². The molecule has 6 heteroatoms. The van der Waals surface area contributed by atoms with Crippen LogP contribution in [0.25, 0.3) is 10.6 Å². The van der Waals surface area contributed by atoms with Gasteiger partial charge in [0.1, 0.15) is 15.8 Å². The Morgan fingerprint density at radius 3 is 3.09 bits per heavy atom. The second-order valence-corrected chi connectivity index (χ2v) is 6.23. The molecule has 1 amide bonds. The number of aromatic nitrogens is 1. The summed E-state index contributed by atoms with van der Waals surface area (Å²) in [6.07, 6.45) is 3.60. The van der Waals surface area contributed by atoms with E-state index in [4.69, 9.17) is 10.00 Å². The van der Waals surface area contributed by atoms with Gasteiger partial charge in [-0.25, -0.2) is 4.98 Å². The minimum Gasteiger partial charge on any atom is -0.497 e. The Morgan fingerprint density at radius 2 is 2.35 bits per heavy atom. The molecule has 0 saturated carbocycles. The summed E-state index contributed by atoms with van der Waals surface area (Å²) in [5.41, 5.74) is 0.955. The van der Waals surface area contributed by atoms with Gasteiger partial charge in [0.15, 0.2) is 0 Å². The van der Waals surface area contributed by atoms with E-state index in [1.807, 2.05) is 31.2 Å². The van der Waals surface area contributed by atoms with Crippen molar-refractivity contribution in [2.45, 2.75) is 26.2 Å². The summed E-state index contributed by atoms with van der Waals surface area (Å²) in [6.45, 7) is 1.87. The van der Waals surface area contributed by atoms with Gasteiger partial charge < -0.3 is 10.1 Å². The average Bonchev–Trinajstić information content (AvgIpc) is 3.03. The number of thiazole rings is 1. The molecule has 0 unspecified atom stereocenters. The fourth-order valence-corrected chi connectivity index (χ4v) is 2.90. The van der Waals surface area contributed by atoms with E-state index in [0.717, 1.165) is 27.7 Å². The quantitative estimate of drug-likeness (QED) is 0.776. The Kier molecular flexibility index (Phi) is 6.12. The normalized spacial score (nSPS) is 11.5. The number of amides is 1. The number of nitrogens with one attached hydrogen (secondary N) is 1. The third-order valence-corrected chi connectivity index (χ3v) is 4.40. The smallest absolute Gasteiger partial charge is 0.227 e. The molecule has 0 bridgehead atoms. The molecule has 0 aliphatic rings. The zero-order chi connectivity index (χ0) is 16.7. The third-order valence-electron chi connectivity index (χ3n) is 3.44. The molecule has 0 spiro atoms. The van der Waals surface area contributed by atoms with Gasteiger partial charge in [-0.05, 0) is 25.0 Å². The number of benzene rings is 1. The third kappa shape index (κ3) is 4.80. The van der Waals surface area contributed by atoms with Gasteiger partial charge in [0.2, 0.25) is 5.91 Å². The summed E-state index contributed by atoms with van der Waals surface area (Å²) in [6, 6.07) is 9.75. The number of hydrogen-bond donors (Lipinski definition) is 1. The fraction of sp³-hybridized carbons (Fsp3) is 0.353. The van der Waals surface area contributed by atoms with Crippen LogP contribution < -0.4 is 10.1 Å². The highest BCUT2D eigenvalue weighted by molar-refractivity contribution is 7.19. The monoisotopic (exact) mass is 329 g/mol. The Labute approximate surface area is 139 Å². The van der Waals surface area contributed by atoms with E-state index in [1.54, 1.807) is 13.3 Å². The molecule has 120 valence electrons. The largest absolute Gasteiger partial charge is 0.497 e. The van der Waals surface area contributed by atoms with Crippen LogP contribution in [-0.4, -0.2) is 18.0 Å². The van der Waals surface area contributed by atoms with Crippen LogP contribution in [0.3, 0.4) is 0 Å². The van der Waals surface area contributed by atoms with Crippen LogP contribution in [0.2, 0.25) is 0 Å². The molecule has 1 aromatic heterocycles. The highest BCUT2D eigenvalue weighted by Gasteiger charge is 2.14. The molecule has 1 heterocycles. The van der Waals surface area contributed by atoms with E-state index < -0.39 is 0 Å². The van der Waals surface area contributed by atoms with Crippen LogP contribution in [0.1, 0.15) is 26.2 Å². The number of methoxy groups -OCH3 is 1. The fourth-order valence-electron chi connectivity index (χ4n) is 2.08. The number of carbonyl (C=O) groups is 1. The molecule has 2 rings (SSSR count). The van der Waals surface area contributed by atoms with Gasteiger partial charge in [-0.2, -0.15) is 5.26 Å². The van der Waals surface area contributed by atoms with Gasteiger partial charge in [-0.1, -0.05) is 30.4 Å². The van der Waals surface area contributed by atoms with Gasteiger partial charge in [-0.15, -0.1) is 0 Å². The standard InChI is InChI=1S/C17H19N3O2S/c1-12(6-3-4-9-18)16(21)20-15-11-19-17(23-15)13-7-5-8-14(10-13)22-2/h5,7-8,10-12H,3-4,6H2,1-2H3,(H,20,21)/t12-/m1/s1. The molecule has 1 atom stereocenters. The minimum atomic E-state index is -0.120. The van der Waals surface area contributed by atoms with Gasteiger partial charge >= 0.3 is 0 Å². The molecule has 1 aromatic carbocycles. The van der Waals surface area contributed by atoms with Gasteiger partial charge in [-0.3, -0.25) is 4.79 Å². The molecule has 2 aromatic rings. The second kappa shape index (κ2) is 8.30. The van der Waals surface area contributed by atoms with Crippen molar-refractivity contribution >= 4 is 22.2 Å². The number of nitriles is 1. The Balaban J connectivity index is 1.99. The van der Waals surface area contributed by atoms with Crippen LogP contribution in [0.15, 0.2) is 30.5 Å². The summed E-state index contributed by atoms with van der Waals surface area (Å²) in [4.78, 5) is 16.5. The lowest BCUT2D eigenvalue weighted by Crippen LogP contribution is -2.19. The molecule has 0 radical (unpaired) electrons. The average molecular weight is 329 g/mol. The Hall–Kier alpha value is -2.39. The Morgan fingerprint density at radius 1 is 1.52 bits per heavy atom. The van der Waals surface area contributed by atoms with E-state index in [-0.39, 0.29) is 11.8 Å². The van der Waals surface area contributed by atoms with Crippen molar-refractivity contribution in [3.63, 3.8) is 0 Å². The first-order valence-electron chi connectivity index (χ1n) is 7.42. The van der Waals surface area contributed by atoms with Crippen LogP contribution >= 0.6 is 11.3 Å². The first-order chi connectivity index (χ1) is 11.1. The molecule has 1 N–H and O–H groups in total. The molecular weight excluding hydrogens is 310 g/mol. The van der Waals surface area contributed by atoms with E-state index in [0.29, 0.717) is 12.8 Å². The van der Waals surface area contributed by atoms with E-state index in [2.05, 4.69) is 16.4 Å². The van der Waals surface area contributed by atoms with Crippen molar-refractivity contribution in [3.8, 4) is 22.4 Å². The van der Waals surface area contributed by atoms with E-state index >= 15 is 0 Å². The van der Waals surface area contributed by atoms with Crippen molar-refractivity contribution < 1.29 is 9.53 Å². The van der Waals surface area contributed by atoms with E-state index in [9.17, 15) is 4.79 Å². The number of unbranched alkanes of at least 4 members (excludes halogenated alkanes) is 1. The van der Waals surface area contributed by atoms with Crippen LogP contribution in [0.5, 0.6) is 5.75 Å².